The molecule has 0 saturated heterocycles. The van der Waals surface area contributed by atoms with Crippen LogP contribution in [0, 0.1) is 0 Å². The fourth-order valence-electron chi connectivity index (χ4n) is 0.243. The van der Waals surface area contributed by atoms with E-state index in [0.717, 1.165) is 6.42 Å². The number of carbonyl (C=O) groups is 1. The van der Waals surface area contributed by atoms with Crippen LogP contribution in [0.3, 0.4) is 0 Å². The summed E-state index contributed by atoms with van der Waals surface area (Å²) in [6.45, 7) is 7.16. The van der Waals surface area contributed by atoms with Gasteiger partial charge in [-0.25, -0.2) is 4.79 Å². The summed E-state index contributed by atoms with van der Waals surface area (Å²) in [7, 11) is 0. The molecule has 4 heteroatoms. The molecule has 0 aliphatic rings. The highest BCUT2D eigenvalue weighted by Crippen LogP contribution is 1.93. The van der Waals surface area contributed by atoms with Crippen molar-refractivity contribution in [3.05, 3.63) is 12.2 Å². The maximum atomic E-state index is 10.6. The van der Waals surface area contributed by atoms with E-state index in [2.05, 4.69) is 21.4 Å². The summed E-state index contributed by atoms with van der Waals surface area (Å²) < 4.78 is 0. The molecule has 4 nitrogen and oxygen atoms in total. The highest BCUT2D eigenvalue weighted by Gasteiger charge is 2.03. The van der Waals surface area contributed by atoms with Gasteiger partial charge in [0.15, 0.2) is 0 Å². The Labute approximate surface area is 65.6 Å². The summed E-state index contributed by atoms with van der Waals surface area (Å²) >= 11 is 0. The molecule has 0 aromatic heterocycles. The Morgan fingerprint density at radius 3 is 2.64 bits per heavy atom. The first-order valence-electron chi connectivity index (χ1n) is 3.34. The molecule has 0 saturated carbocycles. The molecule has 0 aliphatic carbocycles. The van der Waals surface area contributed by atoms with Gasteiger partial charge in [-0.15, -0.1) is 0 Å². The third-order valence-corrected chi connectivity index (χ3v) is 0.794. The van der Waals surface area contributed by atoms with E-state index in [-0.39, 0.29) is 5.57 Å². The highest BCUT2D eigenvalue weighted by atomic mass is 17.5. The molecule has 0 aliphatic heterocycles. The monoisotopic (exact) mass is 160 g/mol. The van der Waals surface area contributed by atoms with Crippen LogP contribution in [0.2, 0.25) is 0 Å². The lowest BCUT2D eigenvalue weighted by Crippen LogP contribution is -2.06. The predicted molar refractivity (Wildman–Crippen MR) is 38.2 cm³/mol. The first kappa shape index (κ1) is 10.1. The first-order valence-corrected chi connectivity index (χ1v) is 3.34. The summed E-state index contributed by atoms with van der Waals surface area (Å²) in [4.78, 5) is 19.1. The van der Waals surface area contributed by atoms with Crippen LogP contribution in [0.4, 0.5) is 0 Å². The third-order valence-electron chi connectivity index (χ3n) is 0.794. The normalized spacial score (nSPS) is 9.27. The topological polar surface area (TPSA) is 44.8 Å². The molecule has 0 fully saturated rings. The Hall–Kier alpha value is -0.870. The Morgan fingerprint density at radius 1 is 1.55 bits per heavy atom. The number of carbonyl (C=O) groups excluding carboxylic acids is 1. The van der Waals surface area contributed by atoms with Crippen molar-refractivity contribution >= 4 is 5.97 Å². The van der Waals surface area contributed by atoms with Gasteiger partial charge in [-0.3, -0.25) is 4.89 Å². The van der Waals surface area contributed by atoms with E-state index >= 15 is 0 Å². The average molecular weight is 160 g/mol. The summed E-state index contributed by atoms with van der Waals surface area (Å²) in [5.41, 5.74) is 0.269. The largest absolute Gasteiger partial charge is 0.371 e. The van der Waals surface area contributed by atoms with Gasteiger partial charge in [-0.05, 0) is 18.4 Å². The van der Waals surface area contributed by atoms with Crippen molar-refractivity contribution in [3.63, 3.8) is 0 Å². The number of hydrogen-bond acceptors (Lipinski definition) is 4. The Morgan fingerprint density at radius 2 is 2.18 bits per heavy atom. The van der Waals surface area contributed by atoms with Crippen molar-refractivity contribution in [2.75, 3.05) is 6.61 Å². The Balaban J connectivity index is 3.25. The lowest BCUT2D eigenvalue weighted by Gasteiger charge is -1.99. The highest BCUT2D eigenvalue weighted by molar-refractivity contribution is 5.86. The van der Waals surface area contributed by atoms with Gasteiger partial charge in [0.05, 0.1) is 6.61 Å². The van der Waals surface area contributed by atoms with E-state index in [9.17, 15) is 4.79 Å². The molecule has 11 heavy (non-hydrogen) atoms. The van der Waals surface area contributed by atoms with E-state index in [1.54, 1.807) is 0 Å². The van der Waals surface area contributed by atoms with Gasteiger partial charge in [0, 0.05) is 5.57 Å². The second kappa shape index (κ2) is 5.88. The van der Waals surface area contributed by atoms with Crippen molar-refractivity contribution in [1.82, 2.24) is 0 Å². The van der Waals surface area contributed by atoms with Crippen LogP contribution < -0.4 is 0 Å². The van der Waals surface area contributed by atoms with Gasteiger partial charge >= 0.3 is 5.97 Å². The van der Waals surface area contributed by atoms with Gasteiger partial charge < -0.3 is 0 Å². The maximum Gasteiger partial charge on any atom is 0.371 e. The van der Waals surface area contributed by atoms with Crippen LogP contribution in [-0.2, 0) is 19.6 Å². The smallest absolute Gasteiger partial charge is 0.264 e. The molecule has 0 amide bonds. The molecule has 0 rings (SSSR count). The van der Waals surface area contributed by atoms with Gasteiger partial charge in [-0.1, -0.05) is 13.5 Å². The van der Waals surface area contributed by atoms with Crippen LogP contribution in [0.25, 0.3) is 0 Å². The zero-order valence-corrected chi connectivity index (χ0v) is 6.75. The van der Waals surface area contributed by atoms with Crippen LogP contribution in [0.15, 0.2) is 12.2 Å². The van der Waals surface area contributed by atoms with Crippen molar-refractivity contribution in [3.8, 4) is 0 Å². The van der Waals surface area contributed by atoms with E-state index in [1.807, 2.05) is 6.92 Å². The SMILES string of the molecule is C=C(C)C(=O)OOOCCC. The van der Waals surface area contributed by atoms with E-state index in [0.29, 0.717) is 6.61 Å². The molecule has 0 heterocycles. The minimum atomic E-state index is -0.624. The fraction of sp³-hybridized carbons (Fsp3) is 0.571. The molecule has 0 aromatic rings. The second-order valence-electron chi connectivity index (χ2n) is 2.04. The van der Waals surface area contributed by atoms with Crippen molar-refractivity contribution in [2.24, 2.45) is 0 Å². The Kier molecular flexibility index (Phi) is 5.42. The fourth-order valence-corrected chi connectivity index (χ4v) is 0.243. The minimum Gasteiger partial charge on any atom is -0.264 e. The molecular formula is C7H12O4. The second-order valence-corrected chi connectivity index (χ2v) is 2.04. The van der Waals surface area contributed by atoms with Crippen molar-refractivity contribution in [2.45, 2.75) is 20.3 Å². The van der Waals surface area contributed by atoms with Crippen LogP contribution >= 0.6 is 0 Å². The number of rotatable bonds is 5. The van der Waals surface area contributed by atoms with Crippen molar-refractivity contribution < 1.29 is 19.6 Å². The molecule has 0 N–H and O–H groups in total. The zero-order chi connectivity index (χ0) is 8.69. The lowest BCUT2D eigenvalue weighted by molar-refractivity contribution is -0.485. The number of hydrogen-bond donors (Lipinski definition) is 0. The van der Waals surface area contributed by atoms with Crippen molar-refractivity contribution in [1.29, 1.82) is 0 Å². The Bertz CT molecular complexity index is 141. The lowest BCUT2D eigenvalue weighted by atomic mass is 10.4. The van der Waals surface area contributed by atoms with Gasteiger partial charge in [0.1, 0.15) is 0 Å². The molecular weight excluding hydrogens is 148 g/mol. The standard InChI is InChI=1S/C7H12O4/c1-4-5-9-11-10-7(8)6(2)3/h2,4-5H2,1,3H3. The van der Waals surface area contributed by atoms with Crippen LogP contribution in [-0.4, -0.2) is 12.6 Å². The molecule has 0 radical (unpaired) electrons. The minimum absolute atomic E-state index is 0.269. The molecule has 0 aromatic carbocycles. The molecule has 0 spiro atoms. The molecule has 64 valence electrons. The average Bonchev–Trinajstić information content (AvgIpc) is 1.97. The van der Waals surface area contributed by atoms with Gasteiger partial charge in [0.2, 0.25) is 0 Å². The maximum absolute atomic E-state index is 10.6. The first-order chi connectivity index (χ1) is 5.18. The van der Waals surface area contributed by atoms with E-state index in [4.69, 9.17) is 0 Å². The van der Waals surface area contributed by atoms with Gasteiger partial charge in [0.25, 0.3) is 0 Å². The summed E-state index contributed by atoms with van der Waals surface area (Å²) in [6.07, 6.45) is 0.796. The summed E-state index contributed by atoms with van der Waals surface area (Å²) in [6, 6.07) is 0. The van der Waals surface area contributed by atoms with Crippen LogP contribution in [0.5, 0.6) is 0 Å². The molecule has 0 bridgehead atoms. The summed E-state index contributed by atoms with van der Waals surface area (Å²) in [5.74, 6) is -0.624. The predicted octanol–water partition coefficient (Wildman–Crippen LogP) is 1.38. The zero-order valence-electron chi connectivity index (χ0n) is 6.75. The molecule has 0 atom stereocenters. The van der Waals surface area contributed by atoms with E-state index < -0.39 is 5.97 Å². The quantitative estimate of drug-likeness (QED) is 0.264. The van der Waals surface area contributed by atoms with E-state index in [1.165, 1.54) is 6.92 Å². The summed E-state index contributed by atoms with van der Waals surface area (Å²) in [5, 5.41) is 4.09. The van der Waals surface area contributed by atoms with Crippen LogP contribution in [0.1, 0.15) is 20.3 Å². The molecule has 0 unspecified atom stereocenters. The third kappa shape index (κ3) is 5.57. The van der Waals surface area contributed by atoms with Gasteiger partial charge in [-0.2, -0.15) is 4.89 Å².